The number of ether oxygens (including phenoxy) is 1. The van der Waals surface area contributed by atoms with Gasteiger partial charge >= 0.3 is 11.9 Å². The number of likely N-dealkylation sites (N-methyl/N-ethyl adjacent to an activating group) is 1. The van der Waals surface area contributed by atoms with Crippen molar-refractivity contribution in [3.8, 4) is 0 Å². The molecular weight excluding hydrogens is 376 g/mol. The van der Waals surface area contributed by atoms with E-state index < -0.39 is 18.0 Å². The molecule has 1 saturated heterocycles. The van der Waals surface area contributed by atoms with Crippen LogP contribution in [0.15, 0.2) is 24.3 Å². The first-order valence-electron chi connectivity index (χ1n) is 8.73. The monoisotopic (exact) mass is 402 g/mol. The molecule has 0 radical (unpaired) electrons. The molecule has 3 N–H and O–H groups in total. The van der Waals surface area contributed by atoms with E-state index in [2.05, 4.69) is 16.7 Å². The number of hydrogen-bond acceptors (Lipinski definition) is 6. The molecule has 152 valence electrons. The molecule has 0 aliphatic carbocycles. The summed E-state index contributed by atoms with van der Waals surface area (Å²) in [5.74, 6) is -3.65. The number of nitrogens with zero attached hydrogens (tertiary/aromatic N) is 2. The lowest BCUT2D eigenvalue weighted by Crippen LogP contribution is -2.48. The highest BCUT2D eigenvalue weighted by atomic mass is 35.5. The predicted octanol–water partition coefficient (Wildman–Crippen LogP) is 1.01. The molecule has 1 atom stereocenters. The molecule has 1 aromatic carbocycles. The van der Waals surface area contributed by atoms with E-state index >= 15 is 0 Å². The van der Waals surface area contributed by atoms with Crippen molar-refractivity contribution in [1.82, 2.24) is 9.80 Å². The van der Waals surface area contributed by atoms with Crippen molar-refractivity contribution in [3.63, 3.8) is 0 Å². The molecule has 0 bridgehead atoms. The number of benzene rings is 1. The average Bonchev–Trinajstić information content (AvgIpc) is 2.64. The molecule has 1 unspecified atom stereocenters. The van der Waals surface area contributed by atoms with Gasteiger partial charge in [0.05, 0.1) is 19.3 Å². The summed E-state index contributed by atoms with van der Waals surface area (Å²) in [6.07, 6.45) is -0.444. The number of aliphatic hydroxyl groups is 1. The van der Waals surface area contributed by atoms with Crippen molar-refractivity contribution in [2.24, 2.45) is 0 Å². The average molecular weight is 403 g/mol. The van der Waals surface area contributed by atoms with Gasteiger partial charge in [0, 0.05) is 37.7 Å². The zero-order valence-corrected chi connectivity index (χ0v) is 16.1. The number of aliphatic hydroxyl groups excluding tert-OH is 1. The summed E-state index contributed by atoms with van der Waals surface area (Å²) in [6.45, 7) is 8.99. The summed E-state index contributed by atoms with van der Waals surface area (Å²) in [6, 6.07) is 7.63. The van der Waals surface area contributed by atoms with Gasteiger partial charge in [0.1, 0.15) is 0 Å². The van der Waals surface area contributed by atoms with Gasteiger partial charge in [-0.1, -0.05) is 36.7 Å². The maximum absolute atomic E-state index is 10.1. The van der Waals surface area contributed by atoms with E-state index in [0.29, 0.717) is 24.8 Å². The van der Waals surface area contributed by atoms with Crippen LogP contribution in [-0.2, 0) is 20.9 Å². The van der Waals surface area contributed by atoms with E-state index in [1.54, 1.807) is 0 Å². The second kappa shape index (κ2) is 12.6. The van der Waals surface area contributed by atoms with Crippen LogP contribution in [0.3, 0.4) is 0 Å². The van der Waals surface area contributed by atoms with E-state index in [9.17, 15) is 5.11 Å². The number of piperazine rings is 1. The van der Waals surface area contributed by atoms with Gasteiger partial charge in [0.2, 0.25) is 0 Å². The van der Waals surface area contributed by atoms with Gasteiger partial charge in [-0.2, -0.15) is 0 Å². The van der Waals surface area contributed by atoms with Crippen LogP contribution in [0.5, 0.6) is 0 Å². The van der Waals surface area contributed by atoms with Gasteiger partial charge in [-0.3, -0.25) is 4.90 Å². The number of halogens is 1. The number of carboxylic acids is 2. The van der Waals surface area contributed by atoms with Gasteiger partial charge < -0.3 is 25.0 Å². The number of carbonyl (C=O) groups is 2. The fourth-order valence-electron chi connectivity index (χ4n) is 2.56. The highest BCUT2D eigenvalue weighted by molar-refractivity contribution is 6.31. The Kier molecular flexibility index (Phi) is 10.9. The van der Waals surface area contributed by atoms with Crippen LogP contribution in [-0.4, -0.2) is 89.0 Å². The first-order chi connectivity index (χ1) is 12.8. The molecule has 1 aliphatic rings. The van der Waals surface area contributed by atoms with Crippen LogP contribution in [0.1, 0.15) is 12.5 Å². The van der Waals surface area contributed by atoms with Gasteiger partial charge in [0.15, 0.2) is 0 Å². The summed E-state index contributed by atoms with van der Waals surface area (Å²) in [5.41, 5.74) is 0.961. The standard InChI is InChI=1S/C16H25ClN2O2.C2H2O4/c1-2-18-7-9-19(10-8-18)11-15(20)13-21-12-14-5-3-4-6-16(14)17;3-1(4)2(5)6/h3-6,15,20H,2,7-13H2,1H3;(H,3,4)(H,5,6). The minimum Gasteiger partial charge on any atom is -0.473 e. The Morgan fingerprint density at radius 2 is 1.67 bits per heavy atom. The second-order valence-electron chi connectivity index (χ2n) is 6.11. The molecular formula is C18H27ClN2O6. The zero-order valence-electron chi connectivity index (χ0n) is 15.4. The normalized spacial score (nSPS) is 16.3. The summed E-state index contributed by atoms with van der Waals surface area (Å²) >= 11 is 6.07. The lowest BCUT2D eigenvalue weighted by atomic mass is 10.2. The quantitative estimate of drug-likeness (QED) is 0.579. The molecule has 0 aromatic heterocycles. The number of carboxylic acid groups (broad SMARTS) is 2. The van der Waals surface area contributed by atoms with E-state index in [1.165, 1.54) is 0 Å². The highest BCUT2D eigenvalue weighted by Crippen LogP contribution is 2.15. The van der Waals surface area contributed by atoms with Gasteiger partial charge in [-0.05, 0) is 18.2 Å². The minimum atomic E-state index is -1.82. The number of hydrogen-bond donors (Lipinski definition) is 3. The van der Waals surface area contributed by atoms with Crippen molar-refractivity contribution in [2.75, 3.05) is 45.9 Å². The molecule has 1 aromatic rings. The zero-order chi connectivity index (χ0) is 20.2. The van der Waals surface area contributed by atoms with Gasteiger partial charge in [-0.15, -0.1) is 0 Å². The van der Waals surface area contributed by atoms with Crippen molar-refractivity contribution in [3.05, 3.63) is 34.9 Å². The number of β-amino-alcohol motifs (C(OH)–C–C–N with tert-alkyl or cyclic N) is 1. The second-order valence-corrected chi connectivity index (χ2v) is 6.51. The molecule has 1 fully saturated rings. The number of rotatable bonds is 7. The Morgan fingerprint density at radius 3 is 2.19 bits per heavy atom. The molecule has 0 spiro atoms. The Labute approximate surface area is 163 Å². The van der Waals surface area contributed by atoms with Crippen LogP contribution in [0.2, 0.25) is 5.02 Å². The van der Waals surface area contributed by atoms with Crippen molar-refractivity contribution < 1.29 is 29.6 Å². The maximum atomic E-state index is 10.1. The summed E-state index contributed by atoms with van der Waals surface area (Å²) in [5, 5.41) is 25.6. The van der Waals surface area contributed by atoms with Crippen LogP contribution >= 0.6 is 11.6 Å². The first-order valence-corrected chi connectivity index (χ1v) is 9.11. The molecule has 2 rings (SSSR count). The Morgan fingerprint density at radius 1 is 1.11 bits per heavy atom. The molecule has 1 aliphatic heterocycles. The Hall–Kier alpha value is -1.71. The van der Waals surface area contributed by atoms with E-state index in [1.807, 2.05) is 24.3 Å². The van der Waals surface area contributed by atoms with Gasteiger partial charge in [0.25, 0.3) is 0 Å². The summed E-state index contributed by atoms with van der Waals surface area (Å²) in [4.78, 5) is 22.9. The maximum Gasteiger partial charge on any atom is 0.414 e. The third-order valence-electron chi connectivity index (χ3n) is 4.09. The molecule has 1 heterocycles. The fraction of sp³-hybridized carbons (Fsp3) is 0.556. The summed E-state index contributed by atoms with van der Waals surface area (Å²) < 4.78 is 5.57. The molecule has 9 heteroatoms. The smallest absolute Gasteiger partial charge is 0.414 e. The van der Waals surface area contributed by atoms with E-state index in [-0.39, 0.29) is 0 Å². The van der Waals surface area contributed by atoms with Crippen molar-refractivity contribution in [2.45, 2.75) is 19.6 Å². The highest BCUT2D eigenvalue weighted by Gasteiger charge is 2.18. The molecule has 0 saturated carbocycles. The predicted molar refractivity (Wildman–Crippen MR) is 101 cm³/mol. The van der Waals surface area contributed by atoms with Crippen LogP contribution < -0.4 is 0 Å². The molecule has 8 nitrogen and oxygen atoms in total. The Balaban J connectivity index is 0.000000527. The lowest BCUT2D eigenvalue weighted by Gasteiger charge is -2.34. The van der Waals surface area contributed by atoms with Crippen LogP contribution in [0, 0.1) is 0 Å². The lowest BCUT2D eigenvalue weighted by molar-refractivity contribution is -0.159. The van der Waals surface area contributed by atoms with Crippen molar-refractivity contribution in [1.29, 1.82) is 0 Å². The first kappa shape index (κ1) is 23.3. The molecule has 0 amide bonds. The van der Waals surface area contributed by atoms with E-state index in [4.69, 9.17) is 36.1 Å². The minimum absolute atomic E-state index is 0.346. The van der Waals surface area contributed by atoms with Crippen molar-refractivity contribution >= 4 is 23.5 Å². The van der Waals surface area contributed by atoms with Crippen LogP contribution in [0.4, 0.5) is 0 Å². The largest absolute Gasteiger partial charge is 0.473 e. The molecule has 27 heavy (non-hydrogen) atoms. The third-order valence-corrected chi connectivity index (χ3v) is 4.46. The van der Waals surface area contributed by atoms with Crippen LogP contribution in [0.25, 0.3) is 0 Å². The van der Waals surface area contributed by atoms with Gasteiger partial charge in [-0.25, -0.2) is 9.59 Å². The third kappa shape index (κ3) is 9.69. The number of aliphatic carboxylic acids is 2. The summed E-state index contributed by atoms with van der Waals surface area (Å²) in [7, 11) is 0. The fourth-order valence-corrected chi connectivity index (χ4v) is 2.75. The SMILES string of the molecule is CCN1CCN(CC(O)COCc2ccccc2Cl)CC1.O=C(O)C(=O)O. The topological polar surface area (TPSA) is 111 Å². The van der Waals surface area contributed by atoms with E-state index in [0.717, 1.165) is 38.3 Å². The Bertz CT molecular complexity index is 581.